The number of hydrogen-bond donors (Lipinski definition) is 0. The molecule has 1 heterocycles. The van der Waals surface area contributed by atoms with Crippen LogP contribution in [0.15, 0.2) is 48.5 Å². The molecule has 0 aromatic heterocycles. The lowest BCUT2D eigenvalue weighted by molar-refractivity contribution is -0.137. The summed E-state index contributed by atoms with van der Waals surface area (Å²) in [6, 6.07) is 13.0. The Morgan fingerprint density at radius 3 is 2.46 bits per heavy atom. The molecule has 2 aromatic carbocycles. The van der Waals surface area contributed by atoms with E-state index in [1.165, 1.54) is 17.7 Å². The lowest BCUT2D eigenvalue weighted by Crippen LogP contribution is -2.41. The van der Waals surface area contributed by atoms with Crippen LogP contribution in [0, 0.1) is 0 Å². The molecule has 0 unspecified atom stereocenters. The number of rotatable bonds is 4. The maximum Gasteiger partial charge on any atom is 0.416 e. The maximum absolute atomic E-state index is 12.7. The highest BCUT2D eigenvalue weighted by molar-refractivity contribution is 5.97. The van der Waals surface area contributed by atoms with Crippen molar-refractivity contribution in [3.05, 3.63) is 65.2 Å². The van der Waals surface area contributed by atoms with E-state index in [9.17, 15) is 18.0 Å². The van der Waals surface area contributed by atoms with Crippen LogP contribution in [0.5, 0.6) is 0 Å². The first-order valence-corrected chi connectivity index (χ1v) is 8.50. The Bertz CT molecular complexity index is 786. The van der Waals surface area contributed by atoms with Gasteiger partial charge in [0, 0.05) is 18.3 Å². The Labute approximate surface area is 151 Å². The molecule has 26 heavy (non-hydrogen) atoms. The third-order valence-electron chi connectivity index (χ3n) is 4.61. The fourth-order valence-corrected chi connectivity index (χ4v) is 3.42. The zero-order chi connectivity index (χ0) is 18.9. The highest BCUT2D eigenvalue weighted by Gasteiger charge is 2.31. The number of carbonyl (C=O) groups is 1. The smallest absolute Gasteiger partial charge is 0.308 e. The lowest BCUT2D eigenvalue weighted by atomic mass is 10.1. The first-order valence-electron chi connectivity index (χ1n) is 8.50. The van der Waals surface area contributed by atoms with Crippen molar-refractivity contribution in [2.24, 2.45) is 0 Å². The van der Waals surface area contributed by atoms with E-state index in [4.69, 9.17) is 0 Å². The number of likely N-dealkylation sites (N-methyl/N-ethyl adjacent to an activating group) is 1. The van der Waals surface area contributed by atoms with Crippen molar-refractivity contribution in [2.45, 2.75) is 32.1 Å². The SMILES string of the molecule is C[C@@H]1Cc2ccccc2N1C(=O)CN(C)Cc1ccc(C(F)(F)F)cc1. The minimum absolute atomic E-state index is 0.00291. The quantitative estimate of drug-likeness (QED) is 0.817. The molecule has 138 valence electrons. The summed E-state index contributed by atoms with van der Waals surface area (Å²) >= 11 is 0. The van der Waals surface area contributed by atoms with Crippen LogP contribution in [-0.4, -0.2) is 30.4 Å². The van der Waals surface area contributed by atoms with Gasteiger partial charge in [0.15, 0.2) is 0 Å². The molecule has 2 aromatic rings. The minimum Gasteiger partial charge on any atom is -0.308 e. The van der Waals surface area contributed by atoms with Crippen LogP contribution >= 0.6 is 0 Å². The van der Waals surface area contributed by atoms with Gasteiger partial charge in [-0.1, -0.05) is 30.3 Å². The van der Waals surface area contributed by atoms with Crippen molar-refractivity contribution in [3.8, 4) is 0 Å². The summed E-state index contributed by atoms with van der Waals surface area (Å²) in [4.78, 5) is 16.4. The van der Waals surface area contributed by atoms with Crippen LogP contribution < -0.4 is 4.90 Å². The Morgan fingerprint density at radius 1 is 1.15 bits per heavy atom. The predicted molar refractivity (Wildman–Crippen MR) is 94.9 cm³/mol. The van der Waals surface area contributed by atoms with Gasteiger partial charge in [0.1, 0.15) is 0 Å². The predicted octanol–water partition coefficient (Wildman–Crippen LogP) is 4.12. The van der Waals surface area contributed by atoms with E-state index in [1.54, 1.807) is 7.05 Å². The number of hydrogen-bond acceptors (Lipinski definition) is 2. The molecule has 1 aliphatic heterocycles. The molecular weight excluding hydrogens is 341 g/mol. The summed E-state index contributed by atoms with van der Waals surface area (Å²) < 4.78 is 37.9. The Kier molecular flexibility index (Phi) is 5.05. The number of para-hydroxylation sites is 1. The fraction of sp³-hybridized carbons (Fsp3) is 0.350. The van der Waals surface area contributed by atoms with Gasteiger partial charge in [-0.05, 0) is 49.7 Å². The molecule has 6 heteroatoms. The summed E-state index contributed by atoms with van der Waals surface area (Å²) in [5, 5.41) is 0. The summed E-state index contributed by atoms with van der Waals surface area (Å²) in [6.45, 7) is 2.64. The summed E-state index contributed by atoms with van der Waals surface area (Å²) in [5.74, 6) is -0.00291. The summed E-state index contributed by atoms with van der Waals surface area (Å²) in [5.41, 5.74) is 2.19. The maximum atomic E-state index is 12.7. The monoisotopic (exact) mass is 362 g/mol. The third-order valence-corrected chi connectivity index (χ3v) is 4.61. The van der Waals surface area contributed by atoms with Crippen molar-refractivity contribution in [1.29, 1.82) is 0 Å². The number of amides is 1. The normalized spacial score (nSPS) is 16.8. The molecule has 0 aliphatic carbocycles. The Hall–Kier alpha value is -2.34. The van der Waals surface area contributed by atoms with Crippen molar-refractivity contribution in [2.75, 3.05) is 18.5 Å². The Morgan fingerprint density at radius 2 is 1.81 bits per heavy atom. The van der Waals surface area contributed by atoms with E-state index in [-0.39, 0.29) is 18.5 Å². The van der Waals surface area contributed by atoms with Crippen LogP contribution in [0.3, 0.4) is 0 Å². The molecule has 0 fully saturated rings. The van der Waals surface area contributed by atoms with Gasteiger partial charge < -0.3 is 4.90 Å². The van der Waals surface area contributed by atoms with E-state index in [0.717, 1.165) is 29.8 Å². The number of carbonyl (C=O) groups excluding carboxylic acids is 1. The van der Waals surface area contributed by atoms with Gasteiger partial charge in [0.2, 0.25) is 5.91 Å². The van der Waals surface area contributed by atoms with Gasteiger partial charge in [-0.25, -0.2) is 0 Å². The number of fused-ring (bicyclic) bond motifs is 1. The largest absolute Gasteiger partial charge is 0.416 e. The number of halogens is 3. The summed E-state index contributed by atoms with van der Waals surface area (Å²) in [7, 11) is 1.79. The van der Waals surface area contributed by atoms with Crippen molar-refractivity contribution >= 4 is 11.6 Å². The molecule has 0 saturated heterocycles. The van der Waals surface area contributed by atoms with Crippen molar-refractivity contribution in [1.82, 2.24) is 4.90 Å². The molecule has 0 saturated carbocycles. The second-order valence-corrected chi connectivity index (χ2v) is 6.81. The minimum atomic E-state index is -4.33. The zero-order valence-corrected chi connectivity index (χ0v) is 14.8. The lowest BCUT2D eigenvalue weighted by Gasteiger charge is -2.26. The Balaban J connectivity index is 1.63. The highest BCUT2D eigenvalue weighted by Crippen LogP contribution is 2.32. The molecule has 1 aliphatic rings. The van der Waals surface area contributed by atoms with E-state index in [1.807, 2.05) is 41.0 Å². The first kappa shape index (κ1) is 18.5. The van der Waals surface area contributed by atoms with Crippen LogP contribution in [0.2, 0.25) is 0 Å². The number of anilines is 1. The van der Waals surface area contributed by atoms with Gasteiger partial charge in [-0.2, -0.15) is 13.2 Å². The molecule has 0 radical (unpaired) electrons. The van der Waals surface area contributed by atoms with Gasteiger partial charge in [-0.15, -0.1) is 0 Å². The van der Waals surface area contributed by atoms with Crippen molar-refractivity contribution in [3.63, 3.8) is 0 Å². The highest BCUT2D eigenvalue weighted by atomic mass is 19.4. The van der Waals surface area contributed by atoms with Crippen LogP contribution in [0.1, 0.15) is 23.6 Å². The third kappa shape index (κ3) is 3.90. The zero-order valence-electron chi connectivity index (χ0n) is 14.8. The van der Waals surface area contributed by atoms with E-state index in [2.05, 4.69) is 0 Å². The average Bonchev–Trinajstić information content (AvgIpc) is 2.90. The molecule has 3 rings (SSSR count). The van der Waals surface area contributed by atoms with Gasteiger partial charge in [0.05, 0.1) is 12.1 Å². The fourth-order valence-electron chi connectivity index (χ4n) is 3.42. The molecule has 0 N–H and O–H groups in total. The van der Waals surface area contributed by atoms with Gasteiger partial charge in [-0.3, -0.25) is 9.69 Å². The number of benzene rings is 2. The topological polar surface area (TPSA) is 23.6 Å². The standard InChI is InChI=1S/C20H21F3N2O/c1-14-11-16-5-3-4-6-18(16)25(14)19(26)13-24(2)12-15-7-9-17(10-8-15)20(21,22)23/h3-10,14H,11-13H2,1-2H3/t14-/m1/s1. The average molecular weight is 362 g/mol. The number of nitrogens with zero attached hydrogens (tertiary/aromatic N) is 2. The molecular formula is C20H21F3N2O. The molecule has 1 amide bonds. The second-order valence-electron chi connectivity index (χ2n) is 6.81. The molecule has 1 atom stereocenters. The second kappa shape index (κ2) is 7.11. The summed E-state index contributed by atoms with van der Waals surface area (Å²) in [6.07, 6.45) is -3.50. The van der Waals surface area contributed by atoms with E-state index < -0.39 is 11.7 Å². The van der Waals surface area contributed by atoms with Crippen LogP contribution in [-0.2, 0) is 23.9 Å². The van der Waals surface area contributed by atoms with Crippen molar-refractivity contribution < 1.29 is 18.0 Å². The first-order chi connectivity index (χ1) is 12.3. The van der Waals surface area contributed by atoms with Crippen LogP contribution in [0.25, 0.3) is 0 Å². The molecule has 0 bridgehead atoms. The number of alkyl halides is 3. The molecule has 3 nitrogen and oxygen atoms in total. The van der Waals surface area contributed by atoms with Gasteiger partial charge in [0.25, 0.3) is 0 Å². The van der Waals surface area contributed by atoms with Crippen LogP contribution in [0.4, 0.5) is 18.9 Å². The van der Waals surface area contributed by atoms with E-state index in [0.29, 0.717) is 6.54 Å². The van der Waals surface area contributed by atoms with E-state index >= 15 is 0 Å². The van der Waals surface area contributed by atoms with Gasteiger partial charge >= 0.3 is 6.18 Å². The molecule has 0 spiro atoms.